The van der Waals surface area contributed by atoms with Crippen LogP contribution in [0.25, 0.3) is 0 Å². The van der Waals surface area contributed by atoms with E-state index in [1.54, 1.807) is 32.0 Å². The molecule has 15 nitrogen and oxygen atoms in total. The van der Waals surface area contributed by atoms with E-state index in [1.165, 1.54) is 45.1 Å². The zero-order chi connectivity index (χ0) is 41.0. The maximum Gasteiger partial charge on any atom is 0.338 e. The van der Waals surface area contributed by atoms with Gasteiger partial charge in [0, 0.05) is 64.9 Å². The molecule has 15 heteroatoms. The van der Waals surface area contributed by atoms with E-state index < -0.39 is 107 Å². The average molecular weight is 757 g/mol. The lowest BCUT2D eigenvalue weighted by molar-refractivity contribution is -0.213. The molecule has 3 rings (SSSR count). The SMILES string of the molecule is CC(=O)O[C@H]1[C@H](OC(C)=O)C(C)(C)C=C[C@@H](C)C(=O)[C@]2(OC(C)=O)C[C@](C)(OC(C)=O)[C@@H](OC(=O)c3ccccc3)C2=C[C@@](C)(OC(C)=O)[C@H]1OC(C)=O. The second-order valence-corrected chi connectivity index (χ2v) is 14.5. The van der Waals surface area contributed by atoms with E-state index in [2.05, 4.69) is 0 Å². The second kappa shape index (κ2) is 16.4. The lowest BCUT2D eigenvalue weighted by Gasteiger charge is -2.45. The van der Waals surface area contributed by atoms with Crippen molar-refractivity contribution in [2.75, 3.05) is 0 Å². The van der Waals surface area contributed by atoms with Crippen LogP contribution in [0, 0.1) is 11.3 Å². The van der Waals surface area contributed by atoms with Crippen molar-refractivity contribution < 1.29 is 71.5 Å². The highest BCUT2D eigenvalue weighted by molar-refractivity contribution is 5.97. The number of Topliss-reactive ketones (excluding diaryl/α,β-unsaturated/α-hetero) is 1. The highest BCUT2D eigenvalue weighted by atomic mass is 16.6. The maximum atomic E-state index is 14.9. The van der Waals surface area contributed by atoms with Crippen molar-refractivity contribution in [2.24, 2.45) is 11.3 Å². The largest absolute Gasteiger partial charge is 0.458 e. The highest BCUT2D eigenvalue weighted by Crippen LogP contribution is 2.52. The van der Waals surface area contributed by atoms with E-state index in [0.29, 0.717) is 0 Å². The number of ketones is 1. The maximum absolute atomic E-state index is 14.9. The molecule has 1 saturated carbocycles. The zero-order valence-electron chi connectivity index (χ0n) is 32.3. The number of rotatable bonds is 8. The average Bonchev–Trinajstić information content (AvgIpc) is 3.24. The van der Waals surface area contributed by atoms with Gasteiger partial charge in [0.15, 0.2) is 47.0 Å². The van der Waals surface area contributed by atoms with Crippen LogP contribution in [0.1, 0.15) is 92.9 Å². The fourth-order valence-electron chi connectivity index (χ4n) is 7.11. The molecule has 0 aromatic heterocycles. The number of fused-ring (bicyclic) bond motifs is 1. The van der Waals surface area contributed by atoms with Crippen LogP contribution in [0.2, 0.25) is 0 Å². The first-order chi connectivity index (χ1) is 24.9. The van der Waals surface area contributed by atoms with E-state index >= 15 is 0 Å². The summed E-state index contributed by atoms with van der Waals surface area (Å²) in [7, 11) is 0. The van der Waals surface area contributed by atoms with Crippen LogP contribution in [0.15, 0.2) is 54.1 Å². The molecule has 0 spiro atoms. The quantitative estimate of drug-likeness (QED) is 0.208. The molecule has 54 heavy (non-hydrogen) atoms. The summed E-state index contributed by atoms with van der Waals surface area (Å²) < 4.78 is 41.0. The molecular weight excluding hydrogens is 708 g/mol. The van der Waals surface area contributed by atoms with Crippen molar-refractivity contribution in [3.05, 3.63) is 59.7 Å². The van der Waals surface area contributed by atoms with E-state index in [1.807, 2.05) is 0 Å². The first kappa shape index (κ1) is 43.1. The van der Waals surface area contributed by atoms with E-state index in [0.717, 1.165) is 47.6 Å². The molecule has 0 N–H and O–H groups in total. The molecule has 0 saturated heterocycles. The van der Waals surface area contributed by atoms with Crippen molar-refractivity contribution in [3.63, 3.8) is 0 Å². The van der Waals surface area contributed by atoms with Crippen LogP contribution >= 0.6 is 0 Å². The van der Waals surface area contributed by atoms with Crippen LogP contribution in [0.5, 0.6) is 0 Å². The van der Waals surface area contributed by atoms with Gasteiger partial charge in [-0.2, -0.15) is 0 Å². The molecule has 0 radical (unpaired) electrons. The molecule has 0 heterocycles. The number of benzene rings is 1. The molecule has 0 bridgehead atoms. The first-order valence-corrected chi connectivity index (χ1v) is 17.2. The summed E-state index contributed by atoms with van der Waals surface area (Å²) in [5.74, 6) is -8.31. The van der Waals surface area contributed by atoms with Gasteiger partial charge in [-0.3, -0.25) is 33.6 Å². The Balaban J connectivity index is 2.65. The lowest BCUT2D eigenvalue weighted by Crippen LogP contribution is -2.60. The standard InChI is InChI=1S/C39H48O15/c1-21-17-18-36(8,9)33(49-23(3)41)30(48-22(2)40)34(50-24(4)42)37(10,52-25(5)43)19-29-32(51-35(47)28-15-13-12-14-16-28)38(11,53-26(6)44)20-39(29,31(21)46)54-27(7)45/h12-19,21,30,32-34H,20H2,1-11H3/t21-,30+,32+,33+,34+,37-,38+,39+/m1/s1. The molecule has 0 aliphatic heterocycles. The number of esters is 7. The summed E-state index contributed by atoms with van der Waals surface area (Å²) in [5, 5.41) is 0. The molecule has 2 aliphatic carbocycles. The van der Waals surface area contributed by atoms with Gasteiger partial charge in [-0.1, -0.05) is 51.1 Å². The number of carbonyl (C=O) groups excluding carboxylic acids is 8. The molecule has 1 aromatic rings. The number of hydrogen-bond donors (Lipinski definition) is 0. The van der Waals surface area contributed by atoms with Gasteiger partial charge < -0.3 is 33.2 Å². The summed E-state index contributed by atoms with van der Waals surface area (Å²) in [6.07, 6.45) is -3.33. The second-order valence-electron chi connectivity index (χ2n) is 14.5. The number of hydrogen-bond acceptors (Lipinski definition) is 15. The summed E-state index contributed by atoms with van der Waals surface area (Å²) >= 11 is 0. The van der Waals surface area contributed by atoms with Gasteiger partial charge in [0.1, 0.15) is 0 Å². The van der Waals surface area contributed by atoms with Gasteiger partial charge in [-0.25, -0.2) is 4.79 Å². The van der Waals surface area contributed by atoms with Crippen molar-refractivity contribution in [1.29, 1.82) is 0 Å². The predicted octanol–water partition coefficient (Wildman–Crippen LogP) is 4.08. The van der Waals surface area contributed by atoms with Gasteiger partial charge >= 0.3 is 41.8 Å². The van der Waals surface area contributed by atoms with Gasteiger partial charge in [0.05, 0.1) is 5.56 Å². The third-order valence-electron chi connectivity index (χ3n) is 9.05. The summed E-state index contributed by atoms with van der Waals surface area (Å²) in [6, 6.07) is 7.71. The van der Waals surface area contributed by atoms with Crippen LogP contribution in [0.4, 0.5) is 0 Å². The fourth-order valence-corrected chi connectivity index (χ4v) is 7.11. The number of ether oxygens (including phenoxy) is 7. The molecule has 1 fully saturated rings. The fraction of sp³-hybridized carbons (Fsp3) is 0.538. The van der Waals surface area contributed by atoms with Crippen LogP contribution in [-0.4, -0.2) is 88.8 Å². The number of carbonyl (C=O) groups is 8. The smallest absolute Gasteiger partial charge is 0.338 e. The Kier molecular flexibility index (Phi) is 13.0. The molecule has 8 atom stereocenters. The summed E-state index contributed by atoms with van der Waals surface area (Å²) in [5.41, 5.74) is -8.23. The van der Waals surface area contributed by atoms with E-state index in [9.17, 15) is 38.4 Å². The Bertz CT molecular complexity index is 1740. The first-order valence-electron chi connectivity index (χ1n) is 17.2. The van der Waals surface area contributed by atoms with Crippen molar-refractivity contribution >= 4 is 47.6 Å². The Labute approximate surface area is 313 Å². The Morgan fingerprint density at radius 2 is 1.17 bits per heavy atom. The molecule has 0 amide bonds. The van der Waals surface area contributed by atoms with E-state index in [-0.39, 0.29) is 11.1 Å². The van der Waals surface area contributed by atoms with Crippen molar-refractivity contribution in [1.82, 2.24) is 0 Å². The van der Waals surface area contributed by atoms with Crippen LogP contribution < -0.4 is 0 Å². The van der Waals surface area contributed by atoms with E-state index in [4.69, 9.17) is 33.2 Å². The zero-order valence-corrected chi connectivity index (χ0v) is 32.3. The Morgan fingerprint density at radius 3 is 1.67 bits per heavy atom. The minimum Gasteiger partial charge on any atom is -0.458 e. The minimum atomic E-state index is -2.39. The third-order valence-corrected chi connectivity index (χ3v) is 9.05. The Morgan fingerprint density at radius 1 is 0.648 bits per heavy atom. The molecule has 2 aliphatic rings. The molecule has 0 unspecified atom stereocenters. The van der Waals surface area contributed by atoms with Crippen molar-refractivity contribution in [2.45, 2.75) is 124 Å². The van der Waals surface area contributed by atoms with Gasteiger partial charge in [-0.15, -0.1) is 0 Å². The topological polar surface area (TPSA) is 201 Å². The lowest BCUT2D eigenvalue weighted by atomic mass is 9.74. The van der Waals surface area contributed by atoms with Crippen LogP contribution in [0.3, 0.4) is 0 Å². The number of allylic oxidation sites excluding steroid dienone is 1. The monoisotopic (exact) mass is 756 g/mol. The van der Waals surface area contributed by atoms with Gasteiger partial charge in [-0.05, 0) is 32.1 Å². The normalized spacial score (nSPS) is 30.5. The summed E-state index contributed by atoms with van der Waals surface area (Å²) in [4.78, 5) is 106. The van der Waals surface area contributed by atoms with Gasteiger partial charge in [0.2, 0.25) is 0 Å². The summed E-state index contributed by atoms with van der Waals surface area (Å²) in [6.45, 7) is 13.7. The Hall–Kier alpha value is -5.34. The molecule has 294 valence electrons. The minimum absolute atomic E-state index is 0.0611. The van der Waals surface area contributed by atoms with Crippen LogP contribution in [-0.2, 0) is 66.7 Å². The molecule has 1 aromatic carbocycles. The van der Waals surface area contributed by atoms with Gasteiger partial charge in [0.25, 0.3) is 0 Å². The predicted molar refractivity (Wildman–Crippen MR) is 187 cm³/mol. The molecular formula is C39H48O15. The van der Waals surface area contributed by atoms with Crippen molar-refractivity contribution in [3.8, 4) is 0 Å². The highest BCUT2D eigenvalue weighted by Gasteiger charge is 2.67. The third kappa shape index (κ3) is 9.60.